The number of halogens is 1. The summed E-state index contributed by atoms with van der Waals surface area (Å²) in [5.41, 5.74) is 2.50. The zero-order valence-electron chi connectivity index (χ0n) is 16.7. The van der Waals surface area contributed by atoms with Crippen LogP contribution in [-0.2, 0) is 11.3 Å². The molecule has 0 spiro atoms. The van der Waals surface area contributed by atoms with E-state index in [4.69, 9.17) is 4.74 Å². The zero-order chi connectivity index (χ0) is 18.3. The van der Waals surface area contributed by atoms with Crippen molar-refractivity contribution in [3.8, 4) is 0 Å². The number of ether oxygens (including phenoxy) is 1. The van der Waals surface area contributed by atoms with E-state index < -0.39 is 0 Å². The fraction of sp³-hybridized carbons (Fsp3) is 0.632. The van der Waals surface area contributed by atoms with Crippen LogP contribution in [0.15, 0.2) is 29.3 Å². The summed E-state index contributed by atoms with van der Waals surface area (Å²) in [5.74, 6) is 0.830. The van der Waals surface area contributed by atoms with Crippen LogP contribution in [-0.4, -0.2) is 70.4 Å². The molecule has 1 saturated heterocycles. The second-order valence-corrected chi connectivity index (χ2v) is 7.26. The third-order valence-electron chi connectivity index (χ3n) is 4.67. The second kappa shape index (κ2) is 10.9. The van der Waals surface area contributed by atoms with E-state index in [1.165, 1.54) is 11.3 Å². The van der Waals surface area contributed by atoms with E-state index in [-0.39, 0.29) is 29.5 Å². The SMILES string of the molecule is CN=C(NCc1cccc(N(C)C)c1)NCC(C)(C)N1CCOCC1.I. The van der Waals surface area contributed by atoms with Crippen LogP contribution < -0.4 is 15.5 Å². The summed E-state index contributed by atoms with van der Waals surface area (Å²) in [6, 6.07) is 8.52. The molecule has 1 aliphatic heterocycles. The van der Waals surface area contributed by atoms with Gasteiger partial charge in [0.25, 0.3) is 0 Å². The number of hydrogen-bond acceptors (Lipinski definition) is 4. The third-order valence-corrected chi connectivity index (χ3v) is 4.67. The van der Waals surface area contributed by atoms with E-state index in [0.29, 0.717) is 0 Å². The summed E-state index contributed by atoms with van der Waals surface area (Å²) in [7, 11) is 5.93. The molecule has 0 aromatic heterocycles. The average Bonchev–Trinajstić information content (AvgIpc) is 2.63. The van der Waals surface area contributed by atoms with Gasteiger partial charge in [0, 0.05) is 58.5 Å². The van der Waals surface area contributed by atoms with E-state index >= 15 is 0 Å². The topological polar surface area (TPSA) is 52.1 Å². The van der Waals surface area contributed by atoms with Crippen molar-refractivity contribution in [2.24, 2.45) is 4.99 Å². The van der Waals surface area contributed by atoms with Crippen LogP contribution >= 0.6 is 24.0 Å². The van der Waals surface area contributed by atoms with Crippen LogP contribution in [0.2, 0.25) is 0 Å². The fourth-order valence-corrected chi connectivity index (χ4v) is 2.93. The zero-order valence-corrected chi connectivity index (χ0v) is 19.0. The van der Waals surface area contributed by atoms with Gasteiger partial charge in [-0.25, -0.2) is 0 Å². The number of nitrogens with one attached hydrogen (secondary N) is 2. The van der Waals surface area contributed by atoms with Gasteiger partial charge < -0.3 is 20.3 Å². The number of rotatable bonds is 6. The first-order valence-corrected chi connectivity index (χ1v) is 8.96. The maximum Gasteiger partial charge on any atom is 0.191 e. The molecule has 1 aromatic carbocycles. The van der Waals surface area contributed by atoms with Crippen LogP contribution in [0.1, 0.15) is 19.4 Å². The molecule has 1 aliphatic rings. The molecule has 7 heteroatoms. The van der Waals surface area contributed by atoms with Crippen molar-refractivity contribution >= 4 is 35.6 Å². The number of nitrogens with zero attached hydrogens (tertiary/aromatic N) is 3. The van der Waals surface area contributed by atoms with Gasteiger partial charge in [-0.15, -0.1) is 24.0 Å². The highest BCUT2D eigenvalue weighted by atomic mass is 127. The van der Waals surface area contributed by atoms with Gasteiger partial charge in [0.05, 0.1) is 13.2 Å². The molecular formula is C19H34IN5O. The number of anilines is 1. The van der Waals surface area contributed by atoms with Gasteiger partial charge in [-0.05, 0) is 31.5 Å². The summed E-state index contributed by atoms with van der Waals surface area (Å²) >= 11 is 0. The van der Waals surface area contributed by atoms with Crippen LogP contribution in [0, 0.1) is 0 Å². The van der Waals surface area contributed by atoms with Crippen molar-refractivity contribution in [2.45, 2.75) is 25.9 Å². The molecule has 148 valence electrons. The van der Waals surface area contributed by atoms with E-state index in [9.17, 15) is 0 Å². The molecule has 0 aliphatic carbocycles. The van der Waals surface area contributed by atoms with E-state index in [0.717, 1.165) is 45.4 Å². The van der Waals surface area contributed by atoms with Crippen molar-refractivity contribution in [3.05, 3.63) is 29.8 Å². The van der Waals surface area contributed by atoms with Gasteiger partial charge in [0.15, 0.2) is 5.96 Å². The minimum absolute atomic E-state index is 0. The van der Waals surface area contributed by atoms with Gasteiger partial charge in [0.2, 0.25) is 0 Å². The number of benzene rings is 1. The van der Waals surface area contributed by atoms with Crippen LogP contribution in [0.25, 0.3) is 0 Å². The van der Waals surface area contributed by atoms with Crippen molar-refractivity contribution in [1.29, 1.82) is 0 Å². The smallest absolute Gasteiger partial charge is 0.191 e. The summed E-state index contributed by atoms with van der Waals surface area (Å²) in [5, 5.41) is 6.87. The average molecular weight is 475 g/mol. The molecule has 0 unspecified atom stereocenters. The lowest BCUT2D eigenvalue weighted by atomic mass is 10.0. The Labute approximate surface area is 175 Å². The van der Waals surface area contributed by atoms with E-state index in [1.54, 1.807) is 0 Å². The fourth-order valence-electron chi connectivity index (χ4n) is 2.93. The minimum Gasteiger partial charge on any atom is -0.379 e. The Balaban J connectivity index is 0.00000338. The maximum atomic E-state index is 5.45. The first-order valence-electron chi connectivity index (χ1n) is 8.96. The highest BCUT2D eigenvalue weighted by Gasteiger charge is 2.28. The Morgan fingerprint density at radius 3 is 2.54 bits per heavy atom. The number of guanidine groups is 1. The van der Waals surface area contributed by atoms with Crippen molar-refractivity contribution in [1.82, 2.24) is 15.5 Å². The standard InChI is InChI=1S/C19H33N5O.HI/c1-19(2,24-9-11-25-12-10-24)15-22-18(20-3)21-14-16-7-6-8-17(13-16)23(4)5;/h6-8,13H,9-12,14-15H2,1-5H3,(H2,20,21,22);1H. The number of morpholine rings is 1. The Morgan fingerprint density at radius 1 is 1.23 bits per heavy atom. The minimum atomic E-state index is 0. The van der Waals surface area contributed by atoms with Crippen LogP contribution in [0.5, 0.6) is 0 Å². The predicted octanol–water partition coefficient (Wildman–Crippen LogP) is 2.15. The summed E-state index contributed by atoms with van der Waals surface area (Å²) in [6.07, 6.45) is 0. The van der Waals surface area contributed by atoms with E-state index in [2.05, 4.69) is 77.6 Å². The number of aliphatic imine (C=N–C) groups is 1. The van der Waals surface area contributed by atoms with Gasteiger partial charge in [-0.2, -0.15) is 0 Å². The number of hydrogen-bond donors (Lipinski definition) is 2. The molecule has 2 N–H and O–H groups in total. The summed E-state index contributed by atoms with van der Waals surface area (Å²) < 4.78 is 5.45. The molecule has 26 heavy (non-hydrogen) atoms. The quantitative estimate of drug-likeness (QED) is 0.375. The normalized spacial score (nSPS) is 16.0. The third kappa shape index (κ3) is 6.92. The second-order valence-electron chi connectivity index (χ2n) is 7.26. The highest BCUT2D eigenvalue weighted by molar-refractivity contribution is 14.0. The Morgan fingerprint density at radius 2 is 1.92 bits per heavy atom. The molecule has 2 rings (SSSR count). The molecule has 0 atom stereocenters. The lowest BCUT2D eigenvalue weighted by Crippen LogP contribution is -2.56. The lowest BCUT2D eigenvalue weighted by Gasteiger charge is -2.41. The first-order chi connectivity index (χ1) is 11.9. The highest BCUT2D eigenvalue weighted by Crippen LogP contribution is 2.15. The van der Waals surface area contributed by atoms with Crippen molar-refractivity contribution in [3.63, 3.8) is 0 Å². The monoisotopic (exact) mass is 475 g/mol. The molecule has 0 amide bonds. The molecule has 1 heterocycles. The van der Waals surface area contributed by atoms with Crippen LogP contribution in [0.4, 0.5) is 5.69 Å². The molecule has 0 bridgehead atoms. The van der Waals surface area contributed by atoms with E-state index in [1.807, 2.05) is 7.05 Å². The molecule has 0 saturated carbocycles. The van der Waals surface area contributed by atoms with Gasteiger partial charge in [0.1, 0.15) is 0 Å². The molecular weight excluding hydrogens is 441 g/mol. The Bertz CT molecular complexity index is 571. The van der Waals surface area contributed by atoms with Gasteiger partial charge in [-0.1, -0.05) is 12.1 Å². The first kappa shape index (κ1) is 23.0. The van der Waals surface area contributed by atoms with Crippen molar-refractivity contribution < 1.29 is 4.74 Å². The molecule has 6 nitrogen and oxygen atoms in total. The van der Waals surface area contributed by atoms with Gasteiger partial charge >= 0.3 is 0 Å². The molecule has 1 fully saturated rings. The summed E-state index contributed by atoms with van der Waals surface area (Å²) in [4.78, 5) is 8.93. The van der Waals surface area contributed by atoms with Gasteiger partial charge in [-0.3, -0.25) is 9.89 Å². The maximum absolute atomic E-state index is 5.45. The lowest BCUT2D eigenvalue weighted by molar-refractivity contribution is -0.00834. The van der Waals surface area contributed by atoms with Crippen LogP contribution in [0.3, 0.4) is 0 Å². The molecule has 0 radical (unpaired) electrons. The summed E-state index contributed by atoms with van der Waals surface area (Å²) in [6.45, 7) is 9.72. The Hall–Kier alpha value is -1.06. The largest absolute Gasteiger partial charge is 0.379 e. The predicted molar refractivity (Wildman–Crippen MR) is 121 cm³/mol. The van der Waals surface area contributed by atoms with Crippen molar-refractivity contribution in [2.75, 3.05) is 58.9 Å². The Kier molecular flexibility index (Phi) is 9.67. The molecule has 1 aromatic rings.